The molecule has 1 aromatic heterocycles. The second kappa shape index (κ2) is 11.0. The first-order valence-electron chi connectivity index (χ1n) is 10.7. The quantitative estimate of drug-likeness (QED) is 0.338. The number of hydrogen-bond donors (Lipinski definition) is 1. The molecule has 0 radical (unpaired) electrons. The fourth-order valence-electron chi connectivity index (χ4n) is 3.34. The van der Waals surface area contributed by atoms with Crippen LogP contribution >= 0.6 is 11.6 Å². The SMILES string of the molecule is O=C(COc1cc(Cl)cc(S(=O)(=O)N(Cc2ccccc2)c2ccccc2)c1)Nc1ccncc1. The van der Waals surface area contributed by atoms with Gasteiger partial charge in [-0.3, -0.25) is 14.1 Å². The molecule has 1 N–H and O–H groups in total. The van der Waals surface area contributed by atoms with E-state index in [1.807, 2.05) is 36.4 Å². The van der Waals surface area contributed by atoms with Crippen LogP contribution in [0.2, 0.25) is 5.02 Å². The molecule has 35 heavy (non-hydrogen) atoms. The maximum Gasteiger partial charge on any atom is 0.264 e. The number of aromatic nitrogens is 1. The lowest BCUT2D eigenvalue weighted by Crippen LogP contribution is -2.30. The predicted molar refractivity (Wildman–Crippen MR) is 136 cm³/mol. The van der Waals surface area contributed by atoms with E-state index in [2.05, 4.69) is 10.3 Å². The van der Waals surface area contributed by atoms with Crippen molar-refractivity contribution in [1.29, 1.82) is 0 Å². The first kappa shape index (κ1) is 24.3. The number of nitrogens with zero attached hydrogens (tertiary/aromatic N) is 2. The van der Waals surface area contributed by atoms with Gasteiger partial charge < -0.3 is 10.1 Å². The molecule has 9 heteroatoms. The van der Waals surface area contributed by atoms with Gasteiger partial charge in [-0.2, -0.15) is 0 Å². The molecule has 0 fully saturated rings. The first-order chi connectivity index (χ1) is 16.9. The van der Waals surface area contributed by atoms with E-state index in [0.717, 1.165) is 5.56 Å². The molecule has 0 aliphatic heterocycles. The van der Waals surface area contributed by atoms with Gasteiger partial charge in [0.05, 0.1) is 17.1 Å². The number of sulfonamides is 1. The van der Waals surface area contributed by atoms with Crippen molar-refractivity contribution < 1.29 is 17.9 Å². The number of nitrogens with one attached hydrogen (secondary N) is 1. The van der Waals surface area contributed by atoms with Crippen LogP contribution in [0, 0.1) is 0 Å². The van der Waals surface area contributed by atoms with E-state index in [1.54, 1.807) is 48.8 Å². The molecule has 1 heterocycles. The van der Waals surface area contributed by atoms with Gasteiger partial charge in [-0.1, -0.05) is 60.1 Å². The average Bonchev–Trinajstić information content (AvgIpc) is 2.87. The summed E-state index contributed by atoms with van der Waals surface area (Å²) in [5.74, 6) is -0.246. The Balaban J connectivity index is 1.58. The van der Waals surface area contributed by atoms with Crippen LogP contribution in [0.5, 0.6) is 5.75 Å². The van der Waals surface area contributed by atoms with E-state index in [4.69, 9.17) is 16.3 Å². The molecule has 0 aliphatic carbocycles. The highest BCUT2D eigenvalue weighted by atomic mass is 35.5. The van der Waals surface area contributed by atoms with Gasteiger partial charge in [0.25, 0.3) is 15.9 Å². The Morgan fingerprint density at radius 1 is 0.914 bits per heavy atom. The first-order valence-corrected chi connectivity index (χ1v) is 12.5. The Labute approximate surface area is 209 Å². The average molecular weight is 508 g/mol. The van der Waals surface area contributed by atoms with Crippen molar-refractivity contribution in [2.75, 3.05) is 16.2 Å². The highest BCUT2D eigenvalue weighted by Crippen LogP contribution is 2.30. The van der Waals surface area contributed by atoms with Crippen LogP contribution < -0.4 is 14.4 Å². The van der Waals surface area contributed by atoms with Crippen molar-refractivity contribution in [3.05, 3.63) is 114 Å². The van der Waals surface area contributed by atoms with Gasteiger partial charge >= 0.3 is 0 Å². The molecular formula is C26H22ClN3O4S. The molecular weight excluding hydrogens is 486 g/mol. The van der Waals surface area contributed by atoms with Crippen LogP contribution in [0.4, 0.5) is 11.4 Å². The zero-order valence-electron chi connectivity index (χ0n) is 18.5. The second-order valence-electron chi connectivity index (χ2n) is 7.53. The number of para-hydroxylation sites is 1. The van der Waals surface area contributed by atoms with Gasteiger partial charge in [0.15, 0.2) is 6.61 Å². The molecule has 0 saturated carbocycles. The summed E-state index contributed by atoms with van der Waals surface area (Å²) in [7, 11) is -4.02. The number of hydrogen-bond acceptors (Lipinski definition) is 5. The van der Waals surface area contributed by atoms with E-state index in [0.29, 0.717) is 11.4 Å². The maximum absolute atomic E-state index is 13.7. The fourth-order valence-corrected chi connectivity index (χ4v) is 5.14. The number of carbonyl (C=O) groups is 1. The van der Waals surface area contributed by atoms with Crippen molar-refractivity contribution in [3.8, 4) is 5.75 Å². The Bertz CT molecular complexity index is 1390. The molecule has 0 spiro atoms. The number of carbonyl (C=O) groups excluding carboxylic acids is 1. The Morgan fingerprint density at radius 3 is 2.26 bits per heavy atom. The zero-order chi connectivity index (χ0) is 24.7. The van der Waals surface area contributed by atoms with Crippen LogP contribution in [-0.4, -0.2) is 25.9 Å². The molecule has 0 saturated heterocycles. The zero-order valence-corrected chi connectivity index (χ0v) is 20.1. The third-order valence-electron chi connectivity index (χ3n) is 4.98. The van der Waals surface area contributed by atoms with Gasteiger partial charge in [0, 0.05) is 29.2 Å². The summed E-state index contributed by atoms with van der Waals surface area (Å²) in [6, 6.07) is 25.6. The van der Waals surface area contributed by atoms with Crippen LogP contribution in [0.1, 0.15) is 5.56 Å². The van der Waals surface area contributed by atoms with Crippen LogP contribution in [0.15, 0.2) is 108 Å². The lowest BCUT2D eigenvalue weighted by Gasteiger charge is -2.25. The number of ether oxygens (including phenoxy) is 1. The normalized spacial score (nSPS) is 11.0. The molecule has 0 aliphatic rings. The highest BCUT2D eigenvalue weighted by Gasteiger charge is 2.26. The van der Waals surface area contributed by atoms with Crippen LogP contribution in [0.25, 0.3) is 0 Å². The standard InChI is InChI=1S/C26H22ClN3O4S/c27-21-15-24(34-19-26(31)29-22-11-13-28-14-12-22)17-25(16-21)35(32,33)30(23-9-5-2-6-10-23)18-20-7-3-1-4-8-20/h1-17H,18-19H2,(H,28,29,31). The Morgan fingerprint density at radius 2 is 1.57 bits per heavy atom. The van der Waals surface area contributed by atoms with E-state index in [-0.39, 0.29) is 28.8 Å². The van der Waals surface area contributed by atoms with Gasteiger partial charge in [0.2, 0.25) is 0 Å². The number of anilines is 2. The third kappa shape index (κ3) is 6.38. The van der Waals surface area contributed by atoms with Crippen molar-refractivity contribution in [2.45, 2.75) is 11.4 Å². The minimum absolute atomic E-state index is 0.0469. The van der Waals surface area contributed by atoms with Crippen molar-refractivity contribution in [1.82, 2.24) is 4.98 Å². The Hall–Kier alpha value is -3.88. The van der Waals surface area contributed by atoms with Gasteiger partial charge in [-0.15, -0.1) is 0 Å². The highest BCUT2D eigenvalue weighted by molar-refractivity contribution is 7.92. The Kier molecular flexibility index (Phi) is 7.64. The number of rotatable bonds is 9. The van der Waals surface area contributed by atoms with Crippen molar-refractivity contribution in [3.63, 3.8) is 0 Å². The summed E-state index contributed by atoms with van der Waals surface area (Å²) in [6.45, 7) is -0.196. The number of pyridine rings is 1. The number of benzene rings is 3. The minimum atomic E-state index is -4.02. The smallest absolute Gasteiger partial charge is 0.264 e. The van der Waals surface area contributed by atoms with Crippen LogP contribution in [0.3, 0.4) is 0 Å². The molecule has 4 aromatic rings. The lowest BCUT2D eigenvalue weighted by atomic mass is 10.2. The van der Waals surface area contributed by atoms with E-state index >= 15 is 0 Å². The predicted octanol–water partition coefficient (Wildman–Crippen LogP) is 5.15. The summed E-state index contributed by atoms with van der Waals surface area (Å²) in [5.41, 5.74) is 1.91. The van der Waals surface area contributed by atoms with Gasteiger partial charge in [0.1, 0.15) is 5.75 Å². The van der Waals surface area contributed by atoms with Gasteiger partial charge in [-0.05, 0) is 42.0 Å². The third-order valence-corrected chi connectivity index (χ3v) is 6.95. The number of halogens is 1. The number of amides is 1. The van der Waals surface area contributed by atoms with Crippen molar-refractivity contribution in [2.24, 2.45) is 0 Å². The molecule has 0 bridgehead atoms. The van der Waals surface area contributed by atoms with E-state index < -0.39 is 15.9 Å². The largest absolute Gasteiger partial charge is 0.484 e. The summed E-state index contributed by atoms with van der Waals surface area (Å²) in [4.78, 5) is 16.1. The fraction of sp³-hybridized carbons (Fsp3) is 0.0769. The molecule has 1 amide bonds. The summed E-state index contributed by atoms with van der Waals surface area (Å²) in [6.07, 6.45) is 3.11. The molecule has 0 unspecified atom stereocenters. The molecule has 4 rings (SSSR count). The summed E-state index contributed by atoms with van der Waals surface area (Å²) < 4.78 is 34.4. The summed E-state index contributed by atoms with van der Waals surface area (Å²) >= 11 is 6.24. The molecule has 3 aromatic carbocycles. The summed E-state index contributed by atoms with van der Waals surface area (Å²) in [5, 5.41) is 2.85. The maximum atomic E-state index is 13.7. The van der Waals surface area contributed by atoms with Gasteiger partial charge in [-0.25, -0.2) is 8.42 Å². The second-order valence-corrected chi connectivity index (χ2v) is 9.83. The molecule has 7 nitrogen and oxygen atoms in total. The monoisotopic (exact) mass is 507 g/mol. The molecule has 0 atom stereocenters. The van der Waals surface area contributed by atoms with E-state index in [9.17, 15) is 13.2 Å². The van der Waals surface area contributed by atoms with Crippen LogP contribution in [-0.2, 0) is 21.4 Å². The minimum Gasteiger partial charge on any atom is -0.484 e. The van der Waals surface area contributed by atoms with E-state index in [1.165, 1.54) is 22.5 Å². The lowest BCUT2D eigenvalue weighted by molar-refractivity contribution is -0.118. The topological polar surface area (TPSA) is 88.6 Å². The van der Waals surface area contributed by atoms with Crippen molar-refractivity contribution >= 4 is 38.9 Å². The molecule has 178 valence electrons.